The van der Waals surface area contributed by atoms with Crippen molar-refractivity contribution in [1.82, 2.24) is 10.0 Å². The van der Waals surface area contributed by atoms with Gasteiger partial charge in [0.2, 0.25) is 0 Å². The fourth-order valence-corrected chi connectivity index (χ4v) is 1.43. The van der Waals surface area contributed by atoms with Crippen LogP contribution in [0, 0.1) is 0 Å². The highest BCUT2D eigenvalue weighted by molar-refractivity contribution is 6.30. The first-order valence-electron chi connectivity index (χ1n) is 6.34. The number of carbonyl (C=O) groups excluding carboxylic acids is 4. The first-order chi connectivity index (χ1) is 10.1. The third-order valence-corrected chi connectivity index (χ3v) is 2.38. The van der Waals surface area contributed by atoms with E-state index in [4.69, 9.17) is 32.7 Å². The van der Waals surface area contributed by atoms with Crippen molar-refractivity contribution < 1.29 is 28.7 Å². The van der Waals surface area contributed by atoms with Gasteiger partial charge in [-0.1, -0.05) is 0 Å². The molecular weight excluding hydrogens is 339 g/mol. The quantitative estimate of drug-likeness (QED) is 0.565. The molecule has 0 radical (unpaired) electrons. The lowest BCUT2D eigenvalue weighted by Crippen LogP contribution is -2.57. The molecule has 0 unspecified atom stereocenters. The monoisotopic (exact) mass is 356 g/mol. The van der Waals surface area contributed by atoms with Gasteiger partial charge in [0.05, 0.1) is 12.2 Å². The van der Waals surface area contributed by atoms with Gasteiger partial charge in [0.25, 0.3) is 11.8 Å². The maximum Gasteiger partial charge on any atom is 0.437 e. The Morgan fingerprint density at radius 3 is 1.23 bits per heavy atom. The highest BCUT2D eigenvalue weighted by Gasteiger charge is 2.38. The number of hydrogen-bond acceptors (Lipinski definition) is 6. The van der Waals surface area contributed by atoms with E-state index in [-0.39, 0.29) is 10.0 Å². The molecule has 0 rings (SSSR count). The topological polar surface area (TPSA) is 93.2 Å². The van der Waals surface area contributed by atoms with Crippen molar-refractivity contribution in [1.29, 1.82) is 0 Å². The van der Waals surface area contributed by atoms with Gasteiger partial charge in [-0.15, -0.1) is 33.2 Å². The van der Waals surface area contributed by atoms with Crippen molar-refractivity contribution in [3.8, 4) is 0 Å². The minimum atomic E-state index is -1.24. The summed E-state index contributed by atoms with van der Waals surface area (Å²) >= 11 is 10.8. The Kier molecular flexibility index (Phi) is 8.81. The Labute approximate surface area is 138 Å². The molecule has 22 heavy (non-hydrogen) atoms. The van der Waals surface area contributed by atoms with Crippen molar-refractivity contribution in [3.63, 3.8) is 0 Å². The van der Waals surface area contributed by atoms with Gasteiger partial charge in [-0.3, -0.25) is 9.59 Å². The van der Waals surface area contributed by atoms with Gasteiger partial charge in [0.1, 0.15) is 11.8 Å². The fourth-order valence-electron chi connectivity index (χ4n) is 1.21. The van der Waals surface area contributed by atoms with Gasteiger partial charge in [-0.05, 0) is 27.7 Å². The summed E-state index contributed by atoms with van der Waals surface area (Å²) in [5.74, 6) is -3.39. The number of hydrazine groups is 1. The Bertz CT molecular complexity index is 401. The van der Waals surface area contributed by atoms with E-state index in [1.807, 2.05) is 0 Å². The first kappa shape index (κ1) is 20.5. The van der Waals surface area contributed by atoms with Crippen molar-refractivity contribution >= 4 is 47.2 Å². The normalized spacial score (nSPS) is 10.4. The zero-order valence-electron chi connectivity index (χ0n) is 12.7. The van der Waals surface area contributed by atoms with Crippen LogP contribution in [0.2, 0.25) is 0 Å². The predicted octanol–water partition coefficient (Wildman–Crippen LogP) is 2.13. The molecule has 0 aromatic carbocycles. The molecule has 0 aromatic rings. The number of hydrogen-bond donors (Lipinski definition) is 0. The minimum Gasteiger partial charge on any atom is -0.445 e. The summed E-state index contributed by atoms with van der Waals surface area (Å²) in [5.41, 5.74) is 0. The van der Waals surface area contributed by atoms with Crippen LogP contribution < -0.4 is 0 Å². The molecule has 0 fully saturated rings. The summed E-state index contributed by atoms with van der Waals surface area (Å²) in [6, 6.07) is 0. The van der Waals surface area contributed by atoms with E-state index in [2.05, 4.69) is 0 Å². The van der Waals surface area contributed by atoms with Crippen LogP contribution in [-0.2, 0) is 19.1 Å². The third kappa shape index (κ3) is 6.07. The van der Waals surface area contributed by atoms with Crippen LogP contribution in [-0.4, -0.2) is 58.0 Å². The average molecular weight is 357 g/mol. The lowest BCUT2D eigenvalue weighted by atomic mass is 10.5. The summed E-state index contributed by atoms with van der Waals surface area (Å²) in [7, 11) is 0. The van der Waals surface area contributed by atoms with Crippen LogP contribution in [0.5, 0.6) is 0 Å². The molecule has 4 amide bonds. The van der Waals surface area contributed by atoms with Crippen molar-refractivity contribution in [3.05, 3.63) is 0 Å². The highest BCUT2D eigenvalue weighted by atomic mass is 35.5. The summed E-state index contributed by atoms with van der Waals surface area (Å²) in [6.07, 6.45) is -3.65. The van der Waals surface area contributed by atoms with Crippen LogP contribution in [0.4, 0.5) is 9.59 Å². The number of amides is 4. The van der Waals surface area contributed by atoms with Crippen LogP contribution in [0.3, 0.4) is 0 Å². The average Bonchev–Trinajstić information content (AvgIpc) is 2.40. The number of imide groups is 2. The molecule has 126 valence electrons. The smallest absolute Gasteiger partial charge is 0.437 e. The molecule has 0 aliphatic rings. The SMILES string of the molecule is CC(C)OC(=O)N(C(=O)CCl)N(C(=O)CCl)C(=O)OC(C)C. The van der Waals surface area contributed by atoms with E-state index in [0.29, 0.717) is 0 Å². The van der Waals surface area contributed by atoms with Gasteiger partial charge >= 0.3 is 12.2 Å². The fraction of sp³-hybridized carbons (Fsp3) is 0.667. The molecule has 0 aromatic heterocycles. The highest BCUT2D eigenvalue weighted by Crippen LogP contribution is 2.11. The van der Waals surface area contributed by atoms with Gasteiger partial charge in [0, 0.05) is 0 Å². The number of rotatable bonds is 4. The summed E-state index contributed by atoms with van der Waals surface area (Å²) in [5, 5.41) is 0.366. The number of halogens is 2. The summed E-state index contributed by atoms with van der Waals surface area (Å²) < 4.78 is 9.66. The first-order valence-corrected chi connectivity index (χ1v) is 7.41. The second-order valence-electron chi connectivity index (χ2n) is 4.54. The van der Waals surface area contributed by atoms with Crippen molar-refractivity contribution in [2.24, 2.45) is 0 Å². The van der Waals surface area contributed by atoms with E-state index in [1.165, 1.54) is 27.7 Å². The molecule has 0 atom stereocenters. The summed E-state index contributed by atoms with van der Waals surface area (Å²) in [4.78, 5) is 47.6. The van der Waals surface area contributed by atoms with Gasteiger partial charge in [-0.2, -0.15) is 0 Å². The molecule has 0 bridgehead atoms. The van der Waals surface area contributed by atoms with E-state index in [0.717, 1.165) is 0 Å². The number of alkyl halides is 2. The van der Waals surface area contributed by atoms with E-state index in [1.54, 1.807) is 0 Å². The minimum absolute atomic E-state index is 0.183. The van der Waals surface area contributed by atoms with Crippen LogP contribution in [0.15, 0.2) is 0 Å². The Morgan fingerprint density at radius 2 is 1.05 bits per heavy atom. The van der Waals surface area contributed by atoms with E-state index >= 15 is 0 Å². The van der Waals surface area contributed by atoms with Crippen molar-refractivity contribution in [2.45, 2.75) is 39.9 Å². The van der Waals surface area contributed by atoms with Gasteiger partial charge in [-0.25, -0.2) is 9.59 Å². The zero-order valence-corrected chi connectivity index (χ0v) is 14.2. The molecule has 0 aliphatic carbocycles. The number of nitrogens with zero attached hydrogens (tertiary/aromatic N) is 2. The lowest BCUT2D eigenvalue weighted by Gasteiger charge is -2.30. The molecule has 0 N–H and O–H groups in total. The lowest BCUT2D eigenvalue weighted by molar-refractivity contribution is -0.154. The Morgan fingerprint density at radius 1 is 0.773 bits per heavy atom. The zero-order chi connectivity index (χ0) is 17.4. The molecular formula is C12H18Cl2N2O6. The molecule has 0 heterocycles. The largest absolute Gasteiger partial charge is 0.445 e. The Hall–Kier alpha value is -1.54. The van der Waals surface area contributed by atoms with Crippen LogP contribution in [0.25, 0.3) is 0 Å². The second kappa shape index (κ2) is 9.47. The number of ether oxygens (including phenoxy) is 2. The maximum atomic E-state index is 12.0. The third-order valence-electron chi connectivity index (χ3n) is 1.92. The molecule has 10 heteroatoms. The molecule has 0 saturated heterocycles. The standard InChI is InChI=1S/C12H18Cl2N2O6/c1-7(2)21-11(19)15(9(17)5-13)16(10(18)6-14)12(20)22-8(3)4/h7-8H,5-6H2,1-4H3. The molecule has 0 aliphatic heterocycles. The summed E-state index contributed by atoms with van der Waals surface area (Å²) in [6.45, 7) is 6.12. The van der Waals surface area contributed by atoms with Crippen LogP contribution in [0.1, 0.15) is 27.7 Å². The van der Waals surface area contributed by atoms with Gasteiger partial charge < -0.3 is 9.47 Å². The number of carbonyl (C=O) groups is 4. The molecule has 8 nitrogen and oxygen atoms in total. The second-order valence-corrected chi connectivity index (χ2v) is 5.08. The molecule has 0 spiro atoms. The van der Waals surface area contributed by atoms with Crippen molar-refractivity contribution in [2.75, 3.05) is 11.8 Å². The Balaban J connectivity index is 5.63. The van der Waals surface area contributed by atoms with E-state index in [9.17, 15) is 19.2 Å². The maximum absolute atomic E-state index is 12.0. The molecule has 0 saturated carbocycles. The van der Waals surface area contributed by atoms with Gasteiger partial charge in [0.15, 0.2) is 0 Å². The van der Waals surface area contributed by atoms with Crippen LogP contribution >= 0.6 is 23.2 Å². The van der Waals surface area contributed by atoms with E-state index < -0.39 is 48.0 Å². The predicted molar refractivity (Wildman–Crippen MR) is 78.4 cm³/mol.